The number of aryl methyl sites for hydroxylation is 11. The van der Waals surface area contributed by atoms with Crippen LogP contribution in [0.5, 0.6) is 0 Å². The third-order valence-corrected chi connectivity index (χ3v) is 16.1. The van der Waals surface area contributed by atoms with Crippen LogP contribution in [0.4, 0.5) is 34.1 Å². The summed E-state index contributed by atoms with van der Waals surface area (Å²) in [4.78, 5) is 13.2. The van der Waals surface area contributed by atoms with E-state index in [-0.39, 0.29) is 5.41 Å². The van der Waals surface area contributed by atoms with E-state index in [2.05, 4.69) is 316 Å². The second-order valence-electron chi connectivity index (χ2n) is 24.1. The van der Waals surface area contributed by atoms with Crippen LogP contribution in [0.1, 0.15) is 118 Å². The molecule has 4 nitrogen and oxygen atoms in total. The first kappa shape index (κ1) is 62.9. The average molecular weight is 1130 g/mol. The van der Waals surface area contributed by atoms with E-state index < -0.39 is 0 Å². The molecule has 0 radical (unpaired) electrons. The molecule has 1 unspecified atom stereocenters. The highest BCUT2D eigenvalue weighted by atomic mass is 15.1. The molecular formula is C82H88N4. The van der Waals surface area contributed by atoms with Crippen molar-refractivity contribution in [3.8, 4) is 22.5 Å². The third-order valence-electron chi connectivity index (χ3n) is 16.1. The van der Waals surface area contributed by atoms with E-state index in [1.54, 1.807) is 0 Å². The largest absolute Gasteiger partial charge is 0.311 e. The van der Waals surface area contributed by atoms with Gasteiger partial charge in [0, 0.05) is 51.9 Å². The minimum atomic E-state index is 0.142. The van der Waals surface area contributed by atoms with Crippen molar-refractivity contribution in [1.29, 1.82) is 0 Å². The fourth-order valence-corrected chi connectivity index (χ4v) is 10.4. The quantitative estimate of drug-likeness (QED) is 0.144. The predicted octanol–water partition coefficient (Wildman–Crippen LogP) is 23.0. The Morgan fingerprint density at radius 2 is 0.535 bits per heavy atom. The van der Waals surface area contributed by atoms with Gasteiger partial charge in [0.1, 0.15) is 0 Å². The predicted molar refractivity (Wildman–Crippen MR) is 371 cm³/mol. The van der Waals surface area contributed by atoms with E-state index in [1.807, 2.05) is 50.5 Å². The Morgan fingerprint density at radius 3 is 0.779 bits per heavy atom. The molecule has 0 bridgehead atoms. The van der Waals surface area contributed by atoms with E-state index in [9.17, 15) is 0 Å². The molecule has 86 heavy (non-hydrogen) atoms. The fraction of sp³-hybridized carbons (Fsp3) is 0.220. The van der Waals surface area contributed by atoms with E-state index >= 15 is 0 Å². The van der Waals surface area contributed by atoms with Gasteiger partial charge >= 0.3 is 0 Å². The first-order valence-electron chi connectivity index (χ1n) is 30.4. The van der Waals surface area contributed by atoms with Gasteiger partial charge in [-0.3, -0.25) is 9.97 Å². The van der Waals surface area contributed by atoms with Gasteiger partial charge in [0.2, 0.25) is 0 Å². The Labute approximate surface area is 516 Å². The second-order valence-corrected chi connectivity index (χ2v) is 24.1. The lowest BCUT2D eigenvalue weighted by Gasteiger charge is -2.26. The smallest absolute Gasteiger partial charge is 0.0886 e. The minimum Gasteiger partial charge on any atom is -0.311 e. The first-order chi connectivity index (χ1) is 41.3. The molecule has 0 N–H and O–H groups in total. The van der Waals surface area contributed by atoms with Crippen LogP contribution < -0.4 is 9.80 Å². The first-order valence-corrected chi connectivity index (χ1v) is 30.4. The summed E-state index contributed by atoms with van der Waals surface area (Å²) in [5.74, 6) is 0.598. The molecule has 9 aromatic carbocycles. The van der Waals surface area contributed by atoms with Gasteiger partial charge in [-0.2, -0.15) is 0 Å². The molecule has 4 heteroatoms. The Morgan fingerprint density at radius 1 is 0.302 bits per heavy atom. The molecule has 1 atom stereocenters. The lowest BCUT2D eigenvalue weighted by molar-refractivity contribution is 0.659. The van der Waals surface area contributed by atoms with Crippen molar-refractivity contribution >= 4 is 34.1 Å². The standard InChI is InChI=1S/C24H27N.C21H21N.C17H18.C12H12N2.C8H10/c1-5-20(4)21-10-16-24(17-11-21)25(22-12-6-18(2)7-13-22)23-14-8-19(3)9-15-23;1-16-4-10-19(11-5-16)22(20-12-6-17(2)7-13-20)21-14-8-18(3)9-15-21;1-11-5-7-13-14-8-6-12(2)10-16(14)17(3,4)15(13)9-11;1-9-3-5-11(13-7-9)12-6-4-10(2)8-14-12;1-7-3-5-8(2)6-4-7/h6-17,20H,5H2,1-4H3;4-15H,1-3H3;5-10H,1-4H3;3-8H,1-2H3;3-6H,1-2H3. The van der Waals surface area contributed by atoms with E-state index in [0.29, 0.717) is 5.92 Å². The molecule has 0 spiro atoms. The molecule has 12 rings (SSSR count). The van der Waals surface area contributed by atoms with E-state index in [1.165, 1.54) is 130 Å². The molecule has 0 aliphatic heterocycles. The molecule has 2 heterocycles. The summed E-state index contributed by atoms with van der Waals surface area (Å²) in [6, 6.07) is 82.7. The number of nitrogens with zero attached hydrogens (tertiary/aromatic N) is 4. The molecule has 436 valence electrons. The Hall–Kier alpha value is -9.12. The summed E-state index contributed by atoms with van der Waals surface area (Å²) in [5, 5.41) is 0. The molecule has 1 aliphatic carbocycles. The summed E-state index contributed by atoms with van der Waals surface area (Å²) < 4.78 is 0. The fourth-order valence-electron chi connectivity index (χ4n) is 10.4. The number of aromatic nitrogens is 2. The molecule has 0 saturated heterocycles. The van der Waals surface area contributed by atoms with Gasteiger partial charge in [0.25, 0.3) is 0 Å². The number of pyridine rings is 2. The highest BCUT2D eigenvalue weighted by Gasteiger charge is 2.35. The molecule has 0 fully saturated rings. The van der Waals surface area contributed by atoms with Crippen LogP contribution in [0, 0.1) is 76.2 Å². The van der Waals surface area contributed by atoms with Crippen molar-refractivity contribution in [3.05, 3.63) is 321 Å². The van der Waals surface area contributed by atoms with Crippen LogP contribution in [0.2, 0.25) is 0 Å². The van der Waals surface area contributed by atoms with Crippen molar-refractivity contribution in [3.63, 3.8) is 0 Å². The molecule has 2 aromatic heterocycles. The maximum absolute atomic E-state index is 4.32. The maximum atomic E-state index is 4.32. The zero-order chi connectivity index (χ0) is 61.5. The van der Waals surface area contributed by atoms with Crippen LogP contribution >= 0.6 is 0 Å². The van der Waals surface area contributed by atoms with E-state index in [4.69, 9.17) is 0 Å². The summed E-state index contributed by atoms with van der Waals surface area (Å²) >= 11 is 0. The maximum Gasteiger partial charge on any atom is 0.0886 e. The van der Waals surface area contributed by atoms with Gasteiger partial charge in [-0.1, -0.05) is 223 Å². The monoisotopic (exact) mass is 1130 g/mol. The van der Waals surface area contributed by atoms with Crippen molar-refractivity contribution in [2.45, 2.75) is 122 Å². The lowest BCUT2D eigenvalue weighted by atomic mass is 9.81. The van der Waals surface area contributed by atoms with Crippen LogP contribution in [0.15, 0.2) is 243 Å². The molecule has 11 aromatic rings. The lowest BCUT2D eigenvalue weighted by Crippen LogP contribution is -2.15. The van der Waals surface area contributed by atoms with Gasteiger partial charge in [-0.15, -0.1) is 0 Å². The molecule has 0 amide bonds. The van der Waals surface area contributed by atoms with Gasteiger partial charge < -0.3 is 9.80 Å². The molecule has 0 saturated carbocycles. The zero-order valence-electron chi connectivity index (χ0n) is 53.7. The SMILES string of the molecule is CCC(C)c1ccc(N(c2ccc(C)cc2)c2ccc(C)cc2)cc1.Cc1ccc(-c2ccc(C)cn2)nc1.Cc1ccc(C)cc1.Cc1ccc(N(c2ccc(C)cc2)c2ccc(C)cc2)cc1.Cc1ccc2c(c1)C(C)(C)c1cc(C)ccc1-2. The van der Waals surface area contributed by atoms with Gasteiger partial charge in [-0.25, -0.2) is 0 Å². The van der Waals surface area contributed by atoms with Crippen molar-refractivity contribution in [2.24, 2.45) is 0 Å². The van der Waals surface area contributed by atoms with Crippen molar-refractivity contribution < 1.29 is 0 Å². The Bertz CT molecular complexity index is 3610. The Balaban J connectivity index is 0.000000145. The van der Waals surface area contributed by atoms with Crippen LogP contribution in [0.25, 0.3) is 22.5 Å². The van der Waals surface area contributed by atoms with Crippen LogP contribution in [-0.2, 0) is 5.41 Å². The van der Waals surface area contributed by atoms with Gasteiger partial charge in [-0.05, 0) is 212 Å². The minimum absolute atomic E-state index is 0.142. The van der Waals surface area contributed by atoms with Crippen molar-refractivity contribution in [2.75, 3.05) is 9.80 Å². The van der Waals surface area contributed by atoms with Crippen LogP contribution in [0.3, 0.4) is 0 Å². The number of anilines is 6. The molecular weight excluding hydrogens is 1040 g/mol. The summed E-state index contributed by atoms with van der Waals surface area (Å²) in [5.41, 5.74) is 30.3. The van der Waals surface area contributed by atoms with Crippen molar-refractivity contribution in [1.82, 2.24) is 9.97 Å². The summed E-state index contributed by atoms with van der Waals surface area (Å²) in [7, 11) is 0. The van der Waals surface area contributed by atoms with Gasteiger partial charge in [0.15, 0.2) is 0 Å². The average Bonchev–Trinajstić information content (AvgIpc) is 1.63. The summed E-state index contributed by atoms with van der Waals surface area (Å²) in [6.45, 7) is 32.4. The van der Waals surface area contributed by atoms with Crippen LogP contribution in [-0.4, -0.2) is 9.97 Å². The molecule has 1 aliphatic rings. The number of hydrogen-bond acceptors (Lipinski definition) is 4. The zero-order valence-corrected chi connectivity index (χ0v) is 53.7. The number of fused-ring (bicyclic) bond motifs is 3. The number of hydrogen-bond donors (Lipinski definition) is 0. The topological polar surface area (TPSA) is 32.3 Å². The van der Waals surface area contributed by atoms with E-state index in [0.717, 1.165) is 11.4 Å². The highest BCUT2D eigenvalue weighted by Crippen LogP contribution is 2.49. The normalized spacial score (nSPS) is 11.8. The van der Waals surface area contributed by atoms with Gasteiger partial charge in [0.05, 0.1) is 11.4 Å². The number of benzene rings is 9. The summed E-state index contributed by atoms with van der Waals surface area (Å²) in [6.07, 6.45) is 4.88. The third kappa shape index (κ3) is 16.6. The second kappa shape index (κ2) is 29.1. The number of rotatable bonds is 9. The highest BCUT2D eigenvalue weighted by molar-refractivity contribution is 5.82. The Kier molecular flexibility index (Phi) is 21.3.